The summed E-state index contributed by atoms with van der Waals surface area (Å²) in [6.45, 7) is 21.6. The van der Waals surface area contributed by atoms with E-state index in [2.05, 4.69) is 40.8 Å². The van der Waals surface area contributed by atoms with Crippen LogP contribution in [0.5, 0.6) is 0 Å². The Bertz CT molecular complexity index is 539. The van der Waals surface area contributed by atoms with Gasteiger partial charge in [0, 0.05) is 45.2 Å². The highest BCUT2D eigenvalue weighted by Gasteiger charge is 2.33. The van der Waals surface area contributed by atoms with Crippen molar-refractivity contribution in [2.24, 2.45) is 11.8 Å². The Morgan fingerprint density at radius 1 is 0.800 bits per heavy atom. The molecule has 0 spiro atoms. The van der Waals surface area contributed by atoms with Crippen LogP contribution in [0, 0.1) is 11.8 Å². The summed E-state index contributed by atoms with van der Waals surface area (Å²) in [6, 6.07) is 0. The lowest BCUT2D eigenvalue weighted by molar-refractivity contribution is -0.140. The molecule has 0 bridgehead atoms. The van der Waals surface area contributed by atoms with E-state index in [9.17, 15) is 4.79 Å². The number of piperazine rings is 1. The van der Waals surface area contributed by atoms with Crippen molar-refractivity contribution in [3.8, 4) is 0 Å². The molecule has 206 valence electrons. The normalized spacial score (nSPS) is 28.9. The molecule has 1 aliphatic carbocycles. The molecule has 0 aromatic rings. The van der Waals surface area contributed by atoms with Gasteiger partial charge in [-0.15, -0.1) is 0 Å². The smallest absolute Gasteiger partial charge is 0.225 e. The van der Waals surface area contributed by atoms with Crippen LogP contribution in [0.25, 0.3) is 0 Å². The summed E-state index contributed by atoms with van der Waals surface area (Å²) in [7, 11) is 0. The molecule has 0 radical (unpaired) electrons. The van der Waals surface area contributed by atoms with Crippen LogP contribution in [0.15, 0.2) is 0 Å². The summed E-state index contributed by atoms with van der Waals surface area (Å²) in [5.41, 5.74) is 0. The third-order valence-corrected chi connectivity index (χ3v) is 7.95. The Kier molecular flexibility index (Phi) is 15.5. The number of nitrogens with zero attached hydrogens (tertiary/aromatic N) is 3. The average molecular weight is 495 g/mol. The summed E-state index contributed by atoms with van der Waals surface area (Å²) < 4.78 is 6.33. The van der Waals surface area contributed by atoms with Gasteiger partial charge in [-0.2, -0.15) is 0 Å². The maximum atomic E-state index is 13.1. The van der Waals surface area contributed by atoms with Crippen molar-refractivity contribution in [2.45, 2.75) is 105 Å². The number of piperidine rings is 2. The molecular weight excluding hydrogens is 436 g/mol. The van der Waals surface area contributed by atoms with E-state index in [1.165, 1.54) is 45.4 Å². The van der Waals surface area contributed by atoms with Crippen molar-refractivity contribution in [1.29, 1.82) is 0 Å². The Hall–Kier alpha value is -0.690. The molecule has 3 aliphatic heterocycles. The fourth-order valence-electron chi connectivity index (χ4n) is 6.01. The minimum atomic E-state index is 0.237. The largest absolute Gasteiger partial charge is 0.375 e. The van der Waals surface area contributed by atoms with E-state index in [-0.39, 0.29) is 5.92 Å². The van der Waals surface area contributed by atoms with Crippen LogP contribution in [0.1, 0.15) is 92.4 Å². The molecule has 1 amide bonds. The van der Waals surface area contributed by atoms with Gasteiger partial charge in [0.25, 0.3) is 0 Å². The van der Waals surface area contributed by atoms with Crippen LogP contribution in [0.2, 0.25) is 0 Å². The molecule has 1 atom stereocenters. The number of rotatable bonds is 6. The zero-order valence-corrected chi connectivity index (χ0v) is 23.9. The standard InChI is InChI=1S/C24H44N4O2.C3H8.C2H6/c1-2-26-13-3-4-20(18-26)19-27-14-16-28(17-15-27)24(29)21-5-7-22(8-6-21)30-23-9-11-25-12-10-23;1-3-2;1-2/h20-23,25H,2-19H2,1H3;3H2,1-2H3;1-2H3. The Morgan fingerprint density at radius 3 is 2.00 bits per heavy atom. The molecule has 6 nitrogen and oxygen atoms in total. The van der Waals surface area contributed by atoms with Gasteiger partial charge >= 0.3 is 0 Å². The van der Waals surface area contributed by atoms with Crippen LogP contribution in [-0.4, -0.2) is 98.3 Å². The van der Waals surface area contributed by atoms with Crippen LogP contribution >= 0.6 is 0 Å². The van der Waals surface area contributed by atoms with E-state index in [0.717, 1.165) is 83.7 Å². The van der Waals surface area contributed by atoms with Crippen molar-refractivity contribution in [1.82, 2.24) is 20.0 Å². The van der Waals surface area contributed by atoms with Gasteiger partial charge < -0.3 is 19.9 Å². The number of ether oxygens (including phenoxy) is 1. The second kappa shape index (κ2) is 17.7. The van der Waals surface area contributed by atoms with Crippen LogP contribution in [-0.2, 0) is 9.53 Å². The summed E-state index contributed by atoms with van der Waals surface area (Å²) in [4.78, 5) is 20.4. The maximum absolute atomic E-state index is 13.1. The quantitative estimate of drug-likeness (QED) is 0.583. The first-order valence-electron chi connectivity index (χ1n) is 15.2. The zero-order valence-electron chi connectivity index (χ0n) is 23.9. The number of hydrogen-bond acceptors (Lipinski definition) is 5. The van der Waals surface area contributed by atoms with E-state index >= 15 is 0 Å². The highest BCUT2D eigenvalue weighted by molar-refractivity contribution is 5.79. The molecule has 1 saturated carbocycles. The van der Waals surface area contributed by atoms with Gasteiger partial charge in [0.2, 0.25) is 5.91 Å². The van der Waals surface area contributed by atoms with Crippen molar-refractivity contribution in [3.63, 3.8) is 0 Å². The third kappa shape index (κ3) is 10.7. The van der Waals surface area contributed by atoms with Crippen molar-refractivity contribution >= 4 is 5.91 Å². The van der Waals surface area contributed by atoms with Crippen molar-refractivity contribution in [3.05, 3.63) is 0 Å². The lowest BCUT2D eigenvalue weighted by Gasteiger charge is -2.40. The highest BCUT2D eigenvalue weighted by Crippen LogP contribution is 2.30. The second-order valence-electron chi connectivity index (χ2n) is 10.8. The van der Waals surface area contributed by atoms with Crippen molar-refractivity contribution < 1.29 is 9.53 Å². The highest BCUT2D eigenvalue weighted by atomic mass is 16.5. The average Bonchev–Trinajstić information content (AvgIpc) is 2.91. The molecule has 0 aromatic heterocycles. The molecular formula is C29H58N4O2. The fourth-order valence-corrected chi connectivity index (χ4v) is 6.01. The zero-order chi connectivity index (χ0) is 25.5. The second-order valence-corrected chi connectivity index (χ2v) is 10.8. The lowest BCUT2D eigenvalue weighted by Crippen LogP contribution is -2.52. The third-order valence-electron chi connectivity index (χ3n) is 7.95. The van der Waals surface area contributed by atoms with E-state index in [1.807, 2.05) is 13.8 Å². The first kappa shape index (κ1) is 30.5. The fraction of sp³-hybridized carbons (Fsp3) is 0.966. The minimum Gasteiger partial charge on any atom is -0.375 e. The topological polar surface area (TPSA) is 48.0 Å². The molecule has 3 heterocycles. The number of carbonyl (C=O) groups excluding carboxylic acids is 1. The number of carbonyl (C=O) groups is 1. The molecule has 0 aromatic carbocycles. The summed E-state index contributed by atoms with van der Waals surface area (Å²) in [5, 5.41) is 3.40. The Labute approximate surface area is 217 Å². The molecule has 1 unspecified atom stereocenters. The number of hydrogen-bond donors (Lipinski definition) is 1. The summed E-state index contributed by atoms with van der Waals surface area (Å²) >= 11 is 0. The van der Waals surface area contributed by atoms with E-state index < -0.39 is 0 Å². The van der Waals surface area contributed by atoms with Crippen LogP contribution in [0.4, 0.5) is 0 Å². The number of amides is 1. The Balaban J connectivity index is 0.000000803. The predicted octanol–water partition coefficient (Wildman–Crippen LogP) is 4.63. The molecule has 4 fully saturated rings. The van der Waals surface area contributed by atoms with Gasteiger partial charge in [-0.25, -0.2) is 0 Å². The molecule has 1 N–H and O–H groups in total. The first-order chi connectivity index (χ1) is 17.1. The summed E-state index contributed by atoms with van der Waals surface area (Å²) in [6.07, 6.45) is 11.2. The molecule has 3 saturated heterocycles. The molecule has 35 heavy (non-hydrogen) atoms. The van der Waals surface area contributed by atoms with Crippen molar-refractivity contribution in [2.75, 3.05) is 65.4 Å². The van der Waals surface area contributed by atoms with E-state index in [1.54, 1.807) is 0 Å². The summed E-state index contributed by atoms with van der Waals surface area (Å²) in [5.74, 6) is 1.47. The van der Waals surface area contributed by atoms with Gasteiger partial charge in [-0.3, -0.25) is 9.69 Å². The molecule has 4 rings (SSSR count). The van der Waals surface area contributed by atoms with Gasteiger partial charge in [0.1, 0.15) is 0 Å². The van der Waals surface area contributed by atoms with Crippen LogP contribution in [0.3, 0.4) is 0 Å². The Morgan fingerprint density at radius 2 is 1.40 bits per heavy atom. The van der Waals surface area contributed by atoms with E-state index in [0.29, 0.717) is 18.1 Å². The van der Waals surface area contributed by atoms with Crippen LogP contribution < -0.4 is 5.32 Å². The minimum absolute atomic E-state index is 0.237. The molecule has 6 heteroatoms. The van der Waals surface area contributed by atoms with Gasteiger partial charge in [-0.1, -0.05) is 41.0 Å². The van der Waals surface area contributed by atoms with Gasteiger partial charge in [0.05, 0.1) is 12.2 Å². The molecule has 4 aliphatic rings. The SMILES string of the molecule is CC.CCC.CCN1CCCC(CN2CCN(C(=O)C3CCC(OC4CCNCC4)CC3)CC2)C1. The first-order valence-corrected chi connectivity index (χ1v) is 15.2. The maximum Gasteiger partial charge on any atom is 0.225 e. The van der Waals surface area contributed by atoms with Gasteiger partial charge in [-0.05, 0) is 83.5 Å². The number of likely N-dealkylation sites (tertiary alicyclic amines) is 1. The predicted molar refractivity (Wildman–Crippen MR) is 148 cm³/mol. The monoisotopic (exact) mass is 494 g/mol. The van der Waals surface area contributed by atoms with Gasteiger partial charge in [0.15, 0.2) is 0 Å². The number of nitrogens with one attached hydrogen (secondary N) is 1. The van der Waals surface area contributed by atoms with E-state index in [4.69, 9.17) is 4.74 Å². The lowest BCUT2D eigenvalue weighted by atomic mass is 9.86.